The van der Waals surface area contributed by atoms with Crippen LogP contribution >= 0.6 is 0 Å². The van der Waals surface area contributed by atoms with Gasteiger partial charge in [0.15, 0.2) is 0 Å². The summed E-state index contributed by atoms with van der Waals surface area (Å²) in [5.41, 5.74) is 0.608. The number of pyridine rings is 1. The van der Waals surface area contributed by atoms with Gasteiger partial charge in [-0.2, -0.15) is 0 Å². The zero-order valence-electron chi connectivity index (χ0n) is 20.4. The molecule has 2 fully saturated rings. The minimum atomic E-state index is -0.575. The Kier molecular flexibility index (Phi) is 7.00. The summed E-state index contributed by atoms with van der Waals surface area (Å²) in [5.74, 6) is -0.111. The zero-order chi connectivity index (χ0) is 24.5. The van der Waals surface area contributed by atoms with E-state index in [1.807, 2.05) is 4.90 Å². The molecule has 0 spiro atoms. The number of hydrogen-bond donors (Lipinski definition) is 0. The summed E-state index contributed by atoms with van der Waals surface area (Å²) in [6.07, 6.45) is 4.65. The summed E-state index contributed by atoms with van der Waals surface area (Å²) in [6, 6.07) is 1.32. The number of likely N-dealkylation sites (tertiary alicyclic amines) is 1. The van der Waals surface area contributed by atoms with Crippen LogP contribution in [0, 0.1) is 11.3 Å². The number of carbonyl (C=O) groups is 3. The third-order valence-electron chi connectivity index (χ3n) is 7.98. The second-order valence-electron chi connectivity index (χ2n) is 9.55. The average molecular weight is 474 g/mol. The molecule has 3 heterocycles. The Balaban J connectivity index is 1.53. The van der Waals surface area contributed by atoms with Crippen LogP contribution in [0.25, 0.3) is 0 Å². The summed E-state index contributed by atoms with van der Waals surface area (Å²) in [5, 5.41) is 0. The van der Waals surface area contributed by atoms with Gasteiger partial charge >= 0.3 is 5.97 Å². The molecule has 0 bridgehead atoms. The number of rotatable bonds is 8. The Hall–Kier alpha value is -2.84. The van der Waals surface area contributed by atoms with Crippen molar-refractivity contribution in [3.8, 4) is 5.75 Å². The zero-order valence-corrected chi connectivity index (χ0v) is 20.4. The number of methoxy groups -OCH3 is 1. The number of esters is 1. The van der Waals surface area contributed by atoms with E-state index in [0.717, 1.165) is 25.7 Å². The predicted molar refractivity (Wildman–Crippen MR) is 125 cm³/mol. The molecular weight excluding hydrogens is 438 g/mol. The third-order valence-corrected chi connectivity index (χ3v) is 7.98. The van der Waals surface area contributed by atoms with Crippen molar-refractivity contribution in [1.29, 1.82) is 0 Å². The van der Waals surface area contributed by atoms with Crippen molar-refractivity contribution in [2.75, 3.05) is 39.9 Å². The van der Waals surface area contributed by atoms with Crippen LogP contribution < -0.4 is 10.3 Å². The molecule has 186 valence electrons. The van der Waals surface area contributed by atoms with E-state index < -0.39 is 5.97 Å². The number of ether oxygens (including phenoxy) is 2. The van der Waals surface area contributed by atoms with Gasteiger partial charge in [0, 0.05) is 56.7 Å². The van der Waals surface area contributed by atoms with Gasteiger partial charge in [-0.3, -0.25) is 14.4 Å². The highest BCUT2D eigenvalue weighted by Gasteiger charge is 2.56. The average Bonchev–Trinajstić information content (AvgIpc) is 3.51. The molecule has 1 saturated heterocycles. The normalized spacial score (nSPS) is 21.1. The molecule has 1 aromatic rings. The van der Waals surface area contributed by atoms with E-state index in [4.69, 9.17) is 9.47 Å². The van der Waals surface area contributed by atoms with E-state index in [-0.39, 0.29) is 46.6 Å². The SMILES string of the molecule is CCC1(CC)C[C@H]1C(=O)N1CCc2c(C(=O)OC)c(OCCN3CCCC3=O)cc(=O)n2CC1. The first kappa shape index (κ1) is 24.3. The molecule has 0 radical (unpaired) electrons. The molecule has 3 aliphatic rings. The van der Waals surface area contributed by atoms with Crippen LogP contribution in [-0.2, 0) is 27.3 Å². The first-order valence-corrected chi connectivity index (χ1v) is 12.4. The van der Waals surface area contributed by atoms with E-state index in [1.165, 1.54) is 13.2 Å². The molecule has 2 amide bonds. The van der Waals surface area contributed by atoms with Crippen LogP contribution in [0.1, 0.15) is 62.0 Å². The molecule has 1 aliphatic carbocycles. The number of amides is 2. The minimum absolute atomic E-state index is 0.0488. The fourth-order valence-corrected chi connectivity index (χ4v) is 5.56. The number of nitrogens with zero attached hydrogens (tertiary/aromatic N) is 3. The van der Waals surface area contributed by atoms with Crippen LogP contribution in [-0.4, -0.2) is 72.0 Å². The second-order valence-corrected chi connectivity index (χ2v) is 9.55. The Morgan fingerprint density at radius 3 is 2.47 bits per heavy atom. The molecule has 1 aromatic heterocycles. The fraction of sp³-hybridized carbons (Fsp3) is 0.680. The fourth-order valence-electron chi connectivity index (χ4n) is 5.56. The van der Waals surface area contributed by atoms with Crippen LogP contribution in [0.2, 0.25) is 0 Å². The molecule has 2 aliphatic heterocycles. The lowest BCUT2D eigenvalue weighted by Crippen LogP contribution is -2.36. The molecule has 1 atom stereocenters. The van der Waals surface area contributed by atoms with Gasteiger partial charge in [-0.1, -0.05) is 13.8 Å². The van der Waals surface area contributed by atoms with E-state index in [1.54, 1.807) is 9.47 Å². The second kappa shape index (κ2) is 9.80. The van der Waals surface area contributed by atoms with E-state index >= 15 is 0 Å². The van der Waals surface area contributed by atoms with Crippen LogP contribution in [0.15, 0.2) is 10.9 Å². The Labute approximate surface area is 200 Å². The molecule has 9 heteroatoms. The van der Waals surface area contributed by atoms with Gasteiger partial charge in [0.1, 0.15) is 17.9 Å². The maximum absolute atomic E-state index is 13.2. The van der Waals surface area contributed by atoms with Crippen molar-refractivity contribution < 1.29 is 23.9 Å². The van der Waals surface area contributed by atoms with E-state index in [0.29, 0.717) is 51.3 Å². The summed E-state index contributed by atoms with van der Waals surface area (Å²) in [7, 11) is 1.30. The molecule has 34 heavy (non-hydrogen) atoms. The van der Waals surface area contributed by atoms with Crippen molar-refractivity contribution in [3.63, 3.8) is 0 Å². The van der Waals surface area contributed by atoms with Gasteiger partial charge in [-0.25, -0.2) is 4.79 Å². The van der Waals surface area contributed by atoms with Crippen molar-refractivity contribution in [1.82, 2.24) is 14.4 Å². The van der Waals surface area contributed by atoms with Gasteiger partial charge in [0.25, 0.3) is 5.56 Å². The van der Waals surface area contributed by atoms with E-state index in [9.17, 15) is 19.2 Å². The van der Waals surface area contributed by atoms with Gasteiger partial charge in [-0.05, 0) is 31.1 Å². The molecule has 0 N–H and O–H groups in total. The van der Waals surface area contributed by atoms with Crippen LogP contribution in [0.5, 0.6) is 5.75 Å². The first-order valence-electron chi connectivity index (χ1n) is 12.4. The van der Waals surface area contributed by atoms with Crippen molar-refractivity contribution in [2.24, 2.45) is 11.3 Å². The highest BCUT2D eigenvalue weighted by atomic mass is 16.5. The van der Waals surface area contributed by atoms with E-state index in [2.05, 4.69) is 13.8 Å². The van der Waals surface area contributed by atoms with Crippen molar-refractivity contribution in [3.05, 3.63) is 27.7 Å². The standard InChI is InChI=1S/C25H35N3O6/c1-4-25(5-2)16-17(25)23(31)27-10-8-18-22(24(32)33-3)19(15-21(30)28(18)12-11-27)34-14-13-26-9-6-7-20(26)29/h15,17H,4-14,16H2,1-3H3/t17-/m0/s1. The largest absolute Gasteiger partial charge is 0.491 e. The molecular formula is C25H35N3O6. The minimum Gasteiger partial charge on any atom is -0.491 e. The van der Waals surface area contributed by atoms with Crippen LogP contribution in [0.4, 0.5) is 0 Å². The smallest absolute Gasteiger partial charge is 0.343 e. The molecule has 0 unspecified atom stereocenters. The first-order chi connectivity index (χ1) is 16.3. The maximum Gasteiger partial charge on any atom is 0.343 e. The number of hydrogen-bond acceptors (Lipinski definition) is 6. The Morgan fingerprint density at radius 1 is 1.09 bits per heavy atom. The molecule has 4 rings (SSSR count). The van der Waals surface area contributed by atoms with Gasteiger partial charge in [-0.15, -0.1) is 0 Å². The summed E-state index contributed by atoms with van der Waals surface area (Å²) < 4.78 is 12.4. The molecule has 9 nitrogen and oxygen atoms in total. The number of aromatic nitrogens is 1. The lowest BCUT2D eigenvalue weighted by molar-refractivity contribution is -0.133. The third kappa shape index (κ3) is 4.44. The molecule has 1 saturated carbocycles. The quantitative estimate of drug-likeness (QED) is 0.535. The van der Waals surface area contributed by atoms with Crippen molar-refractivity contribution in [2.45, 2.75) is 58.9 Å². The van der Waals surface area contributed by atoms with Crippen molar-refractivity contribution >= 4 is 17.8 Å². The lowest BCUT2D eigenvalue weighted by Gasteiger charge is -2.22. The van der Waals surface area contributed by atoms with Crippen LogP contribution in [0.3, 0.4) is 0 Å². The van der Waals surface area contributed by atoms with Gasteiger partial charge < -0.3 is 23.8 Å². The topological polar surface area (TPSA) is 98.2 Å². The summed E-state index contributed by atoms with van der Waals surface area (Å²) in [6.45, 7) is 6.75. The summed E-state index contributed by atoms with van der Waals surface area (Å²) in [4.78, 5) is 54.3. The monoisotopic (exact) mass is 473 g/mol. The van der Waals surface area contributed by atoms with Gasteiger partial charge in [0.2, 0.25) is 11.8 Å². The Morgan fingerprint density at radius 2 is 1.85 bits per heavy atom. The highest BCUT2D eigenvalue weighted by Crippen LogP contribution is 2.58. The predicted octanol–water partition coefficient (Wildman–Crippen LogP) is 1.85. The maximum atomic E-state index is 13.2. The summed E-state index contributed by atoms with van der Waals surface area (Å²) >= 11 is 0. The Bertz CT molecular complexity index is 1030. The lowest BCUT2D eigenvalue weighted by atomic mass is 9.96. The number of carbonyl (C=O) groups excluding carboxylic acids is 3. The highest BCUT2D eigenvalue weighted by molar-refractivity contribution is 5.93. The molecule has 0 aromatic carbocycles. The van der Waals surface area contributed by atoms with Gasteiger partial charge in [0.05, 0.1) is 13.7 Å². The number of fused-ring (bicyclic) bond motifs is 1.